The summed E-state index contributed by atoms with van der Waals surface area (Å²) in [6, 6.07) is 7.77. The fourth-order valence-corrected chi connectivity index (χ4v) is 2.41. The van der Waals surface area contributed by atoms with Crippen molar-refractivity contribution in [3.63, 3.8) is 0 Å². The maximum atomic E-state index is 13.7. The molecule has 0 unspecified atom stereocenters. The summed E-state index contributed by atoms with van der Waals surface area (Å²) in [7, 11) is 0. The maximum Gasteiger partial charge on any atom is 0.177 e. The van der Waals surface area contributed by atoms with E-state index in [2.05, 4.69) is 4.94 Å². The van der Waals surface area contributed by atoms with Crippen LogP contribution in [0, 0.1) is 42.9 Å². The van der Waals surface area contributed by atoms with E-state index in [4.69, 9.17) is 0 Å². The van der Waals surface area contributed by atoms with E-state index in [1.165, 1.54) is 19.1 Å². The van der Waals surface area contributed by atoms with Gasteiger partial charge in [-0.05, 0) is 43.2 Å². The summed E-state index contributed by atoms with van der Waals surface area (Å²) < 4.78 is 89.3. The van der Waals surface area contributed by atoms with Crippen LogP contribution in [0.25, 0.3) is 11.1 Å². The van der Waals surface area contributed by atoms with Crippen LogP contribution in [0.15, 0.2) is 42.5 Å². The Morgan fingerprint density at radius 1 is 0.724 bits per heavy atom. The molecule has 0 N–H and O–H groups in total. The lowest BCUT2D eigenvalue weighted by Gasteiger charge is -2.07. The molecule has 0 saturated heterocycles. The molecule has 8 heteroatoms. The Hall–Kier alpha value is -3.03. The molecule has 0 aliphatic heterocycles. The first-order valence-corrected chi connectivity index (χ1v) is 8.22. The van der Waals surface area contributed by atoms with Gasteiger partial charge < -0.3 is 0 Å². The van der Waals surface area contributed by atoms with Gasteiger partial charge in [-0.15, -0.1) is 0 Å². The third kappa shape index (κ3) is 5.28. The maximum absolute atomic E-state index is 13.7. The number of hydrogen-bond acceptors (Lipinski definition) is 1. The lowest BCUT2D eigenvalue weighted by molar-refractivity contribution is -0.00694. The van der Waals surface area contributed by atoms with Gasteiger partial charge in [0.05, 0.1) is 5.56 Å². The molecule has 3 aromatic rings. The second-order valence-electron chi connectivity index (χ2n) is 6.12. The van der Waals surface area contributed by atoms with Crippen LogP contribution in [0.4, 0.5) is 30.9 Å². The van der Waals surface area contributed by atoms with Crippen LogP contribution in [0.2, 0.25) is 0 Å². The molecule has 0 heterocycles. The van der Waals surface area contributed by atoms with Gasteiger partial charge in [-0.2, -0.15) is 0 Å². The van der Waals surface area contributed by atoms with E-state index in [1.807, 2.05) is 0 Å². The summed E-state index contributed by atoms with van der Waals surface area (Å²) in [5.74, 6) is -4.69. The highest BCUT2D eigenvalue weighted by atomic mass is 19.3. The molecule has 0 fully saturated rings. The van der Waals surface area contributed by atoms with Crippen LogP contribution in [0.3, 0.4) is 0 Å². The Morgan fingerprint density at radius 3 is 1.72 bits per heavy atom. The van der Waals surface area contributed by atoms with Crippen LogP contribution in [0.1, 0.15) is 16.7 Å². The molecule has 1 nitrogen and oxygen atoms in total. The van der Waals surface area contributed by atoms with Crippen molar-refractivity contribution in [1.29, 1.82) is 0 Å². The van der Waals surface area contributed by atoms with Gasteiger partial charge in [-0.25, -0.2) is 26.3 Å². The molecule has 0 amide bonds. The van der Waals surface area contributed by atoms with Gasteiger partial charge in [-0.1, -0.05) is 12.1 Å². The Balaban J connectivity index is 0.000000234. The monoisotopic (exact) mass is 416 g/mol. The van der Waals surface area contributed by atoms with Gasteiger partial charge >= 0.3 is 0 Å². The van der Waals surface area contributed by atoms with Gasteiger partial charge in [-0.3, -0.25) is 4.94 Å². The zero-order chi connectivity index (χ0) is 21.7. The Kier molecular flexibility index (Phi) is 7.25. The molecule has 154 valence electrons. The molecule has 3 aromatic carbocycles. The topological polar surface area (TPSA) is 9.23 Å². The minimum Gasteiger partial charge on any atom is -0.294 e. The predicted molar refractivity (Wildman–Crippen MR) is 94.1 cm³/mol. The van der Waals surface area contributed by atoms with E-state index >= 15 is 0 Å². The molecular weight excluding hydrogens is 401 g/mol. The smallest absolute Gasteiger partial charge is 0.177 e. The lowest BCUT2D eigenvalue weighted by Crippen LogP contribution is -1.95. The van der Waals surface area contributed by atoms with E-state index in [0.29, 0.717) is 5.56 Å². The Morgan fingerprint density at radius 2 is 1.28 bits per heavy atom. The molecule has 0 aromatic heterocycles. The van der Waals surface area contributed by atoms with Gasteiger partial charge in [0.15, 0.2) is 5.75 Å². The molecule has 0 saturated carbocycles. The highest BCUT2D eigenvalue weighted by Crippen LogP contribution is 2.27. The van der Waals surface area contributed by atoms with E-state index in [0.717, 1.165) is 24.3 Å². The van der Waals surface area contributed by atoms with Gasteiger partial charge in [0, 0.05) is 27.8 Å². The highest BCUT2D eigenvalue weighted by molar-refractivity contribution is 5.65. The predicted octanol–water partition coefficient (Wildman–Crippen LogP) is 7.09. The zero-order valence-corrected chi connectivity index (χ0v) is 15.3. The quantitative estimate of drug-likeness (QED) is 0.415. The Bertz CT molecular complexity index is 972. The largest absolute Gasteiger partial charge is 0.294 e. The zero-order valence-electron chi connectivity index (χ0n) is 15.3. The van der Waals surface area contributed by atoms with Gasteiger partial charge in [0.2, 0.25) is 0 Å². The number of aryl methyl sites for hydroxylation is 1. The number of alkyl halides is 1. The summed E-state index contributed by atoms with van der Waals surface area (Å²) in [6.45, 7) is 1.74. The third-order valence-electron chi connectivity index (χ3n) is 4.05. The van der Waals surface area contributed by atoms with E-state index in [9.17, 15) is 30.9 Å². The molecule has 0 atom stereocenters. The lowest BCUT2D eigenvalue weighted by atomic mass is 10.0. The fraction of sp³-hybridized carbons (Fsp3) is 0.143. The molecule has 0 radical (unpaired) electrons. The fourth-order valence-electron chi connectivity index (χ4n) is 2.41. The number of benzene rings is 3. The summed E-state index contributed by atoms with van der Waals surface area (Å²) in [6.07, 6.45) is 0. The van der Waals surface area contributed by atoms with Crippen LogP contribution < -0.4 is 4.94 Å². The highest BCUT2D eigenvalue weighted by Gasteiger charge is 2.14. The van der Waals surface area contributed by atoms with Crippen LogP contribution in [0.5, 0.6) is 5.75 Å². The van der Waals surface area contributed by atoms with Crippen molar-refractivity contribution in [3.8, 4) is 16.9 Å². The van der Waals surface area contributed by atoms with Crippen LogP contribution >= 0.6 is 0 Å². The van der Waals surface area contributed by atoms with E-state index in [-0.39, 0.29) is 16.7 Å². The van der Waals surface area contributed by atoms with Crippen LogP contribution in [-0.4, -0.2) is 0 Å². The summed E-state index contributed by atoms with van der Waals surface area (Å²) in [4.78, 5) is 3.15. The van der Waals surface area contributed by atoms with E-state index < -0.39 is 47.1 Å². The molecule has 3 rings (SSSR count). The normalized spacial score (nSPS) is 10.4. The van der Waals surface area contributed by atoms with Gasteiger partial charge in [0.1, 0.15) is 35.8 Å². The number of hydrogen-bond donors (Lipinski definition) is 0. The minimum absolute atomic E-state index is 0.0553. The van der Waals surface area contributed by atoms with E-state index in [1.54, 1.807) is 13.0 Å². The first kappa shape index (κ1) is 22.3. The standard InChI is InChI=1S/C14H10F4.C7H5F3O/c1-8-2-3-10(12(16)4-8)9-5-13(17)11(7-15)14(18)6-9;1-4-6(8)2-5(11-10)3-7(4)9/h2-6H,7H2,1H3;2-3H,1H3. The minimum atomic E-state index is -1.23. The molecule has 0 bridgehead atoms. The molecule has 0 aliphatic carbocycles. The average Bonchev–Trinajstić information content (AvgIpc) is 2.66. The van der Waals surface area contributed by atoms with Crippen molar-refractivity contribution < 1.29 is 35.8 Å². The van der Waals surface area contributed by atoms with Crippen molar-refractivity contribution in [3.05, 3.63) is 88.2 Å². The molecule has 29 heavy (non-hydrogen) atoms. The average molecular weight is 416 g/mol. The molecule has 0 aliphatic rings. The number of halogens is 7. The van der Waals surface area contributed by atoms with Crippen molar-refractivity contribution >= 4 is 0 Å². The first-order valence-electron chi connectivity index (χ1n) is 8.22. The van der Waals surface area contributed by atoms with Crippen molar-refractivity contribution in [2.24, 2.45) is 0 Å². The molecule has 0 spiro atoms. The van der Waals surface area contributed by atoms with Crippen LogP contribution in [-0.2, 0) is 6.67 Å². The first-order chi connectivity index (χ1) is 13.7. The second-order valence-corrected chi connectivity index (χ2v) is 6.12. The van der Waals surface area contributed by atoms with Gasteiger partial charge in [0.25, 0.3) is 0 Å². The van der Waals surface area contributed by atoms with Crippen molar-refractivity contribution in [2.45, 2.75) is 20.5 Å². The summed E-state index contributed by atoms with van der Waals surface area (Å²) in [5, 5.41) is 0. The Labute approximate surface area is 162 Å². The number of rotatable bonds is 3. The summed E-state index contributed by atoms with van der Waals surface area (Å²) in [5.41, 5.74) is 0.0677. The second kappa shape index (κ2) is 9.45. The SMILES string of the molecule is Cc1c(F)cc(OF)cc1F.Cc1ccc(-c2cc(F)c(CF)c(F)c2)c(F)c1. The van der Waals surface area contributed by atoms with Crippen molar-refractivity contribution in [2.75, 3.05) is 0 Å². The third-order valence-corrected chi connectivity index (χ3v) is 4.05. The van der Waals surface area contributed by atoms with Crippen molar-refractivity contribution in [1.82, 2.24) is 0 Å². The summed E-state index contributed by atoms with van der Waals surface area (Å²) >= 11 is 0. The molecular formula is C21H15F7O.